The first-order chi connectivity index (χ1) is 30.4. The SMILES string of the molecule is C[C@@H]1O[C@@H](Oc2c(-c3ccc(O)cc3)oc3cc(O[C@H]4O[C@H](CO)[C@H](O)[C@@H](O)[C@H]4O)cc(O)c3c2=O)[C@H](O[C@H]2O[C@H](COC(=O)/C=C/c3ccc(O)cc3)[C@@H](O)[C@@H](O)[C@H]2O)[C@H](O)[C@H]1O. The van der Waals surface area contributed by atoms with Crippen LogP contribution in [-0.4, -0.2) is 173 Å². The Labute approximate surface area is 361 Å². The molecule has 0 saturated carbocycles. The fraction of sp³-hybridized carbons (Fsp3) is 0.429. The number of rotatable bonds is 12. The van der Waals surface area contributed by atoms with Crippen molar-refractivity contribution in [3.8, 4) is 40.1 Å². The van der Waals surface area contributed by atoms with Crippen LogP contribution in [0.25, 0.3) is 28.4 Å². The molecule has 0 spiro atoms. The number of phenolic OH excluding ortho intramolecular Hbond substituents is 3. The number of carbonyl (C=O) groups excluding carboxylic acids is 1. The van der Waals surface area contributed by atoms with E-state index in [1.54, 1.807) is 0 Å². The summed E-state index contributed by atoms with van der Waals surface area (Å²) in [5.41, 5.74) is -0.785. The minimum Gasteiger partial charge on any atom is -0.508 e. The van der Waals surface area contributed by atoms with Gasteiger partial charge in [0, 0.05) is 23.8 Å². The van der Waals surface area contributed by atoms with Gasteiger partial charge in [-0.2, -0.15) is 0 Å². The zero-order valence-electron chi connectivity index (χ0n) is 33.5. The Bertz CT molecular complexity index is 2330. The average Bonchev–Trinajstić information content (AvgIpc) is 3.27. The predicted molar refractivity (Wildman–Crippen MR) is 212 cm³/mol. The lowest BCUT2D eigenvalue weighted by Crippen LogP contribution is -2.64. The normalized spacial score (nSPS) is 33.2. The van der Waals surface area contributed by atoms with Crippen molar-refractivity contribution in [1.82, 2.24) is 0 Å². The molecule has 3 aromatic carbocycles. The fourth-order valence-corrected chi connectivity index (χ4v) is 7.18. The number of aliphatic hydroxyl groups excluding tert-OH is 9. The van der Waals surface area contributed by atoms with Gasteiger partial charge in [-0.15, -0.1) is 0 Å². The van der Waals surface area contributed by atoms with Crippen molar-refractivity contribution < 1.29 is 104 Å². The van der Waals surface area contributed by atoms with Crippen LogP contribution in [0.1, 0.15) is 12.5 Å². The van der Waals surface area contributed by atoms with Crippen LogP contribution in [0.15, 0.2) is 76.0 Å². The van der Waals surface area contributed by atoms with E-state index in [1.807, 2.05) is 0 Å². The molecular weight excluding hydrogens is 856 g/mol. The number of hydrogen-bond acceptors (Lipinski definition) is 22. The van der Waals surface area contributed by atoms with Crippen LogP contribution in [-0.2, 0) is 28.5 Å². The van der Waals surface area contributed by atoms with Gasteiger partial charge in [0.15, 0.2) is 18.2 Å². The molecule has 4 heterocycles. The summed E-state index contributed by atoms with van der Waals surface area (Å²) in [4.78, 5) is 26.9. The summed E-state index contributed by atoms with van der Waals surface area (Å²) >= 11 is 0. The van der Waals surface area contributed by atoms with Crippen LogP contribution in [0, 0.1) is 0 Å². The van der Waals surface area contributed by atoms with E-state index in [0.29, 0.717) is 5.56 Å². The van der Waals surface area contributed by atoms with E-state index in [2.05, 4.69) is 0 Å². The molecule has 1 aromatic heterocycles. The molecule has 7 rings (SSSR count). The van der Waals surface area contributed by atoms with Crippen LogP contribution in [0.5, 0.6) is 28.7 Å². The summed E-state index contributed by atoms with van der Waals surface area (Å²) in [6, 6.07) is 13.0. The van der Waals surface area contributed by atoms with E-state index >= 15 is 0 Å². The third-order valence-corrected chi connectivity index (χ3v) is 10.8. The molecule has 12 N–H and O–H groups in total. The molecule has 3 saturated heterocycles. The quantitative estimate of drug-likeness (QED) is 0.0543. The number of carbonyl (C=O) groups is 1. The summed E-state index contributed by atoms with van der Waals surface area (Å²) in [5.74, 6) is -3.18. The average molecular weight is 903 g/mol. The molecule has 15 atom stereocenters. The number of aromatic hydroxyl groups is 3. The molecule has 3 aliphatic rings. The molecule has 0 amide bonds. The Balaban J connectivity index is 1.17. The number of esters is 1. The van der Waals surface area contributed by atoms with Crippen LogP contribution >= 0.6 is 0 Å². The van der Waals surface area contributed by atoms with E-state index < -0.39 is 134 Å². The summed E-state index contributed by atoms with van der Waals surface area (Å²) in [6.07, 6.45) is -23.9. The van der Waals surface area contributed by atoms with Crippen molar-refractivity contribution in [2.45, 2.75) is 99.0 Å². The Morgan fingerprint density at radius 2 is 1.30 bits per heavy atom. The number of aliphatic hydroxyl groups is 9. The van der Waals surface area contributed by atoms with Crippen LogP contribution in [0.3, 0.4) is 0 Å². The number of fused-ring (bicyclic) bond motifs is 1. The molecule has 4 aromatic rings. The van der Waals surface area contributed by atoms with Crippen molar-refractivity contribution in [3.63, 3.8) is 0 Å². The molecule has 22 nitrogen and oxygen atoms in total. The van der Waals surface area contributed by atoms with E-state index in [9.17, 15) is 70.9 Å². The van der Waals surface area contributed by atoms with Crippen LogP contribution in [0.4, 0.5) is 0 Å². The largest absolute Gasteiger partial charge is 0.508 e. The Morgan fingerprint density at radius 1 is 0.688 bits per heavy atom. The van der Waals surface area contributed by atoms with Gasteiger partial charge in [0.25, 0.3) is 0 Å². The Morgan fingerprint density at radius 3 is 1.95 bits per heavy atom. The van der Waals surface area contributed by atoms with Crippen molar-refractivity contribution in [1.29, 1.82) is 0 Å². The summed E-state index contributed by atoms with van der Waals surface area (Å²) in [7, 11) is 0. The number of hydrogen-bond donors (Lipinski definition) is 12. The zero-order valence-corrected chi connectivity index (χ0v) is 33.5. The number of benzene rings is 3. The van der Waals surface area contributed by atoms with Crippen LogP contribution in [0.2, 0.25) is 0 Å². The third-order valence-electron chi connectivity index (χ3n) is 10.8. The Kier molecular flexibility index (Phi) is 14.1. The predicted octanol–water partition coefficient (Wildman–Crippen LogP) is -1.95. The third kappa shape index (κ3) is 9.64. The van der Waals surface area contributed by atoms with E-state index in [4.69, 9.17) is 37.6 Å². The van der Waals surface area contributed by atoms with Gasteiger partial charge in [-0.05, 0) is 55.0 Å². The van der Waals surface area contributed by atoms with Crippen LogP contribution < -0.4 is 14.9 Å². The maximum Gasteiger partial charge on any atom is 0.330 e. The van der Waals surface area contributed by atoms with E-state index in [-0.39, 0.29) is 34.2 Å². The maximum absolute atomic E-state index is 14.4. The molecule has 3 fully saturated rings. The summed E-state index contributed by atoms with van der Waals surface area (Å²) in [6.45, 7) is -0.0916. The topological polar surface area (TPSA) is 355 Å². The standard InChI is InChI=1S/C42H46O22/c1-16-28(48)34(54)39(64-41-36(56)33(53)30(50)25(62-41)15-57-26(47)11-4-17-2-7-19(44)8-3-17)42(58-16)63-38-31(51)27-22(46)12-21(59-40-35(55)32(52)29(49)24(14-43)61-40)13-23(27)60-37(38)18-5-9-20(45)10-6-18/h2-13,16,24-25,28-30,32-36,39-46,48-50,52-56H,14-15H2,1H3/b11-4+/t16-,24+,25+,28-,29-,30+,32+,33+,34+,35+,36+,39+,40-,41+,42-/m0/s1. The van der Waals surface area contributed by atoms with E-state index in [0.717, 1.165) is 18.2 Å². The number of ether oxygens (including phenoxy) is 7. The highest BCUT2D eigenvalue weighted by Gasteiger charge is 2.51. The molecule has 3 aliphatic heterocycles. The second-order valence-electron chi connectivity index (χ2n) is 15.2. The van der Waals surface area contributed by atoms with Crippen molar-refractivity contribution in [2.75, 3.05) is 13.2 Å². The van der Waals surface area contributed by atoms with Gasteiger partial charge in [0.05, 0.1) is 12.7 Å². The highest BCUT2D eigenvalue weighted by molar-refractivity contribution is 5.88. The van der Waals surface area contributed by atoms with E-state index in [1.165, 1.54) is 61.5 Å². The molecule has 22 heteroatoms. The highest BCUT2D eigenvalue weighted by Crippen LogP contribution is 2.39. The van der Waals surface area contributed by atoms with Crippen molar-refractivity contribution in [2.24, 2.45) is 0 Å². The second kappa shape index (κ2) is 19.3. The summed E-state index contributed by atoms with van der Waals surface area (Å²) in [5, 5.41) is 125. The Hall–Kier alpha value is -5.44. The van der Waals surface area contributed by atoms with Gasteiger partial charge in [0.1, 0.15) is 102 Å². The molecular formula is C42H46O22. The first-order valence-electron chi connectivity index (χ1n) is 19.7. The smallest absolute Gasteiger partial charge is 0.330 e. The first-order valence-corrected chi connectivity index (χ1v) is 19.7. The fourth-order valence-electron chi connectivity index (χ4n) is 7.18. The lowest BCUT2D eigenvalue weighted by atomic mass is 9.97. The van der Waals surface area contributed by atoms with Gasteiger partial charge in [-0.3, -0.25) is 4.79 Å². The lowest BCUT2D eigenvalue weighted by Gasteiger charge is -2.45. The van der Waals surface area contributed by atoms with Gasteiger partial charge in [0.2, 0.25) is 23.8 Å². The second-order valence-corrected chi connectivity index (χ2v) is 15.2. The van der Waals surface area contributed by atoms with Gasteiger partial charge in [-0.25, -0.2) is 4.79 Å². The molecule has 64 heavy (non-hydrogen) atoms. The zero-order chi connectivity index (χ0) is 46.1. The number of phenols is 3. The molecule has 0 bridgehead atoms. The maximum atomic E-state index is 14.4. The minimum absolute atomic E-state index is 0.00919. The highest BCUT2D eigenvalue weighted by atomic mass is 16.8. The van der Waals surface area contributed by atoms with Gasteiger partial charge in [-0.1, -0.05) is 12.1 Å². The molecule has 0 radical (unpaired) electrons. The minimum atomic E-state index is -2.03. The monoisotopic (exact) mass is 902 g/mol. The van der Waals surface area contributed by atoms with Gasteiger partial charge < -0.3 is 98.9 Å². The molecule has 0 aliphatic carbocycles. The van der Waals surface area contributed by atoms with Crippen molar-refractivity contribution in [3.05, 3.63) is 82.5 Å². The first kappa shape index (κ1) is 46.5. The lowest BCUT2D eigenvalue weighted by molar-refractivity contribution is -0.355. The summed E-state index contributed by atoms with van der Waals surface area (Å²) < 4.78 is 45.8. The van der Waals surface area contributed by atoms with Crippen molar-refractivity contribution >= 4 is 23.0 Å². The molecule has 346 valence electrons. The van der Waals surface area contributed by atoms with Gasteiger partial charge >= 0.3 is 5.97 Å². The molecule has 0 unspecified atom stereocenters.